The monoisotopic (exact) mass is 624 g/mol. The van der Waals surface area contributed by atoms with Crippen LogP contribution < -0.4 is 14.9 Å². The summed E-state index contributed by atoms with van der Waals surface area (Å²) in [6.07, 6.45) is 1.63. The van der Waals surface area contributed by atoms with E-state index in [-0.39, 0.29) is 0 Å². The largest absolute Gasteiger partial charge is 0.490 e. The van der Waals surface area contributed by atoms with E-state index in [1.54, 1.807) is 25.5 Å². The summed E-state index contributed by atoms with van der Waals surface area (Å²) in [6, 6.07) is 13.1. The molecule has 7 nitrogen and oxygen atoms in total. The number of halogens is 3. The molecule has 0 bridgehead atoms. The quantitative estimate of drug-likeness (QED) is 0.153. The molecule has 35 heavy (non-hydrogen) atoms. The Morgan fingerprint density at radius 3 is 2.63 bits per heavy atom. The fourth-order valence-corrected chi connectivity index (χ4v) is 4.34. The van der Waals surface area contributed by atoms with E-state index >= 15 is 0 Å². The first-order chi connectivity index (χ1) is 16.9. The number of hydrazone groups is 1. The van der Waals surface area contributed by atoms with Gasteiger partial charge in [0.05, 0.1) is 33.0 Å². The van der Waals surface area contributed by atoms with Crippen LogP contribution in [0.3, 0.4) is 0 Å². The minimum atomic E-state index is 0.307. The first-order valence-corrected chi connectivity index (χ1v) is 12.4. The summed E-state index contributed by atoms with van der Waals surface area (Å²) in [6.45, 7) is 4.84. The number of methoxy groups -OCH3 is 1. The van der Waals surface area contributed by atoms with Crippen LogP contribution in [-0.4, -0.2) is 24.9 Å². The van der Waals surface area contributed by atoms with Crippen LogP contribution in [0.2, 0.25) is 10.0 Å². The number of benzene rings is 2. The van der Waals surface area contributed by atoms with Crippen molar-refractivity contribution in [2.45, 2.75) is 27.1 Å². The van der Waals surface area contributed by atoms with Gasteiger partial charge < -0.3 is 14.2 Å². The maximum atomic E-state index is 9.57. The van der Waals surface area contributed by atoms with Gasteiger partial charge in [-0.3, -0.25) is 5.43 Å². The molecular weight excluding hydrogens is 602 g/mol. The van der Waals surface area contributed by atoms with E-state index in [2.05, 4.69) is 44.2 Å². The van der Waals surface area contributed by atoms with Crippen molar-refractivity contribution in [2.24, 2.45) is 5.10 Å². The molecule has 0 radical (unpaired) electrons. The van der Waals surface area contributed by atoms with Crippen LogP contribution in [0.25, 0.3) is 0 Å². The van der Waals surface area contributed by atoms with E-state index in [0.29, 0.717) is 52.7 Å². The van der Waals surface area contributed by atoms with Gasteiger partial charge in [-0.25, -0.2) is 4.98 Å². The van der Waals surface area contributed by atoms with Crippen LogP contribution in [0.5, 0.6) is 11.5 Å². The van der Waals surface area contributed by atoms with Gasteiger partial charge in [0.25, 0.3) is 0 Å². The van der Waals surface area contributed by atoms with E-state index < -0.39 is 0 Å². The van der Waals surface area contributed by atoms with Gasteiger partial charge >= 0.3 is 0 Å². The highest BCUT2D eigenvalue weighted by atomic mass is 127. The summed E-state index contributed by atoms with van der Waals surface area (Å²) < 4.78 is 17.9. The molecule has 1 aromatic heterocycles. The minimum Gasteiger partial charge on any atom is -0.490 e. The Morgan fingerprint density at radius 2 is 1.94 bits per heavy atom. The zero-order valence-corrected chi connectivity index (χ0v) is 23.0. The standard InChI is InChI=1S/C25H23Cl2IN4O3/c1-4-34-23-10-17(9-22(28)24(23)35-13-16-5-6-20(26)21(27)8-16)12-30-32-25-19(11-29)18(14-33-3)7-15(2)31-25/h5-10,12H,4,13-14H2,1-3H3,(H,31,32)/b30-12-. The van der Waals surface area contributed by atoms with Crippen LogP contribution in [0.1, 0.15) is 34.9 Å². The maximum Gasteiger partial charge on any atom is 0.175 e. The molecule has 0 aliphatic carbocycles. The minimum absolute atomic E-state index is 0.307. The number of hydrogen-bond acceptors (Lipinski definition) is 7. The number of pyridine rings is 1. The number of ether oxygens (including phenoxy) is 3. The summed E-state index contributed by atoms with van der Waals surface area (Å²) in [4.78, 5) is 4.39. The average Bonchev–Trinajstić information content (AvgIpc) is 2.81. The number of nitriles is 1. The first-order valence-electron chi connectivity index (χ1n) is 10.6. The van der Waals surface area contributed by atoms with Gasteiger partial charge in [-0.15, -0.1) is 0 Å². The second-order valence-electron chi connectivity index (χ2n) is 7.36. The van der Waals surface area contributed by atoms with Crippen molar-refractivity contribution in [3.63, 3.8) is 0 Å². The van der Waals surface area contributed by atoms with Crippen LogP contribution in [0.15, 0.2) is 41.5 Å². The Labute approximate surface area is 228 Å². The lowest BCUT2D eigenvalue weighted by molar-refractivity contribution is 0.184. The van der Waals surface area contributed by atoms with Gasteiger partial charge in [-0.1, -0.05) is 29.3 Å². The number of aromatic nitrogens is 1. The lowest BCUT2D eigenvalue weighted by Crippen LogP contribution is -2.04. The highest BCUT2D eigenvalue weighted by molar-refractivity contribution is 14.1. The summed E-state index contributed by atoms with van der Waals surface area (Å²) in [5.41, 5.74) is 6.45. The highest BCUT2D eigenvalue weighted by Gasteiger charge is 2.14. The molecule has 2 aromatic carbocycles. The molecule has 1 N–H and O–H groups in total. The zero-order valence-electron chi connectivity index (χ0n) is 19.4. The average molecular weight is 625 g/mol. The van der Waals surface area contributed by atoms with Gasteiger partial charge in [0.15, 0.2) is 17.3 Å². The Kier molecular flexibility index (Phi) is 9.98. The molecule has 0 unspecified atom stereocenters. The third-order valence-corrected chi connectivity index (χ3v) is 6.26. The Morgan fingerprint density at radius 1 is 1.14 bits per heavy atom. The molecule has 0 spiro atoms. The third kappa shape index (κ3) is 7.21. The summed E-state index contributed by atoms with van der Waals surface area (Å²) in [5, 5.41) is 14.8. The predicted molar refractivity (Wildman–Crippen MR) is 147 cm³/mol. The normalized spacial score (nSPS) is 10.9. The van der Waals surface area contributed by atoms with E-state index in [1.165, 1.54) is 0 Å². The number of aryl methyl sites for hydroxylation is 1. The number of rotatable bonds is 10. The van der Waals surface area contributed by atoms with Crippen molar-refractivity contribution in [2.75, 3.05) is 19.1 Å². The summed E-state index contributed by atoms with van der Waals surface area (Å²) in [5.74, 6) is 1.59. The molecule has 1 heterocycles. The molecule has 3 rings (SSSR count). The van der Waals surface area contributed by atoms with Crippen LogP contribution in [0.4, 0.5) is 5.82 Å². The fraction of sp³-hybridized carbons (Fsp3) is 0.240. The molecule has 0 fully saturated rings. The molecule has 0 amide bonds. The van der Waals surface area contributed by atoms with Crippen molar-refractivity contribution in [1.82, 2.24) is 4.98 Å². The van der Waals surface area contributed by atoms with Crippen molar-refractivity contribution in [1.29, 1.82) is 5.26 Å². The topological polar surface area (TPSA) is 88.8 Å². The Hall–Kier alpha value is -2.58. The Bertz CT molecular complexity index is 1280. The molecule has 10 heteroatoms. The second-order valence-corrected chi connectivity index (χ2v) is 9.34. The van der Waals surface area contributed by atoms with Crippen molar-refractivity contribution < 1.29 is 14.2 Å². The predicted octanol–water partition coefficient (Wildman–Crippen LogP) is 6.74. The van der Waals surface area contributed by atoms with E-state index in [1.807, 2.05) is 38.1 Å². The van der Waals surface area contributed by atoms with Crippen LogP contribution in [-0.2, 0) is 18.0 Å². The zero-order chi connectivity index (χ0) is 25.4. The molecule has 0 atom stereocenters. The third-order valence-electron chi connectivity index (χ3n) is 4.72. The molecule has 3 aromatic rings. The Balaban J connectivity index is 1.81. The number of hydrogen-bond donors (Lipinski definition) is 1. The molecule has 0 aliphatic heterocycles. The van der Waals surface area contributed by atoms with Crippen molar-refractivity contribution in [3.05, 3.63) is 78.0 Å². The van der Waals surface area contributed by atoms with Crippen LogP contribution in [0, 0.1) is 21.8 Å². The van der Waals surface area contributed by atoms with Gasteiger partial charge in [0, 0.05) is 18.4 Å². The first kappa shape index (κ1) is 27.0. The lowest BCUT2D eigenvalue weighted by atomic mass is 10.1. The van der Waals surface area contributed by atoms with E-state index in [9.17, 15) is 5.26 Å². The highest BCUT2D eigenvalue weighted by Crippen LogP contribution is 2.35. The molecular formula is C25H23Cl2IN4O3. The number of anilines is 1. The van der Waals surface area contributed by atoms with Gasteiger partial charge in [0.1, 0.15) is 18.2 Å². The molecule has 182 valence electrons. The molecule has 0 saturated carbocycles. The SMILES string of the molecule is CCOc1cc(/C=N\Nc2nc(C)cc(COC)c2C#N)cc(I)c1OCc1ccc(Cl)c(Cl)c1. The van der Waals surface area contributed by atoms with Gasteiger partial charge in [-0.05, 0) is 77.9 Å². The van der Waals surface area contributed by atoms with Crippen molar-refractivity contribution >= 4 is 57.8 Å². The van der Waals surface area contributed by atoms with Gasteiger partial charge in [0.2, 0.25) is 0 Å². The second kappa shape index (κ2) is 12.9. The number of nitrogens with one attached hydrogen (secondary N) is 1. The van der Waals surface area contributed by atoms with E-state index in [4.69, 9.17) is 37.4 Å². The molecule has 0 aliphatic rings. The van der Waals surface area contributed by atoms with Gasteiger partial charge in [-0.2, -0.15) is 10.4 Å². The van der Waals surface area contributed by atoms with E-state index in [0.717, 1.165) is 26.0 Å². The van der Waals surface area contributed by atoms with Crippen molar-refractivity contribution in [3.8, 4) is 17.6 Å². The van der Waals surface area contributed by atoms with Crippen LogP contribution >= 0.6 is 45.8 Å². The summed E-state index contributed by atoms with van der Waals surface area (Å²) >= 11 is 14.3. The number of nitrogens with zero attached hydrogens (tertiary/aromatic N) is 3. The smallest absolute Gasteiger partial charge is 0.175 e. The molecule has 0 saturated heterocycles. The lowest BCUT2D eigenvalue weighted by Gasteiger charge is -2.15. The summed E-state index contributed by atoms with van der Waals surface area (Å²) in [7, 11) is 1.58. The fourth-order valence-electron chi connectivity index (χ4n) is 3.23. The maximum absolute atomic E-state index is 9.57.